The molecule has 1 aliphatic heterocycles. The van der Waals surface area contributed by atoms with Crippen LogP contribution in [0.4, 0.5) is 4.39 Å². The van der Waals surface area contributed by atoms with Crippen molar-refractivity contribution in [3.8, 4) is 17.1 Å². The number of sulfonamides is 1. The first-order valence-electron chi connectivity index (χ1n) is 10.1. The van der Waals surface area contributed by atoms with E-state index in [-0.39, 0.29) is 4.90 Å². The molecule has 1 saturated heterocycles. The van der Waals surface area contributed by atoms with Gasteiger partial charge in [0.2, 0.25) is 10.0 Å². The summed E-state index contributed by atoms with van der Waals surface area (Å²) in [4.78, 5) is 2.20. The Morgan fingerprint density at radius 2 is 1.72 bits per heavy atom. The maximum absolute atomic E-state index is 13.1. The first-order valence-corrected chi connectivity index (χ1v) is 11.9. The van der Waals surface area contributed by atoms with Gasteiger partial charge < -0.3 is 9.30 Å². The molecule has 1 fully saturated rings. The fourth-order valence-corrected chi connectivity index (χ4v) is 5.31. The average Bonchev–Trinajstić information content (AvgIpc) is 3.08. The van der Waals surface area contributed by atoms with Crippen LogP contribution < -0.4 is 4.74 Å². The van der Waals surface area contributed by atoms with Gasteiger partial charge in [-0.3, -0.25) is 4.90 Å². The van der Waals surface area contributed by atoms with E-state index in [1.807, 2.05) is 35.9 Å². The predicted octanol–water partition coefficient (Wildman–Crippen LogP) is 2.73. The van der Waals surface area contributed by atoms with Gasteiger partial charge in [0.15, 0.2) is 10.6 Å². The molecule has 1 aliphatic rings. The molecular formula is C21H24FN5O3S2. The summed E-state index contributed by atoms with van der Waals surface area (Å²) in [7, 11) is -0.174. The van der Waals surface area contributed by atoms with Crippen molar-refractivity contribution in [2.45, 2.75) is 11.6 Å². The Hall–Kier alpha value is -2.60. The molecule has 0 unspecified atom stereocenters. The first kappa shape index (κ1) is 22.6. The summed E-state index contributed by atoms with van der Waals surface area (Å²) in [5.74, 6) is 0.945. The summed E-state index contributed by atoms with van der Waals surface area (Å²) in [6, 6.07) is 12.5. The second-order valence-corrected chi connectivity index (χ2v) is 9.79. The number of halogens is 1. The van der Waals surface area contributed by atoms with Gasteiger partial charge in [-0.1, -0.05) is 12.1 Å². The summed E-state index contributed by atoms with van der Waals surface area (Å²) in [5.41, 5.74) is 0.845. The molecule has 1 aromatic heterocycles. The van der Waals surface area contributed by atoms with E-state index >= 15 is 0 Å². The molecular weight excluding hydrogens is 453 g/mol. The van der Waals surface area contributed by atoms with Gasteiger partial charge in [-0.2, -0.15) is 9.40 Å². The Morgan fingerprint density at radius 1 is 1.06 bits per heavy atom. The Labute approximate surface area is 191 Å². The van der Waals surface area contributed by atoms with Crippen LogP contribution in [-0.2, 0) is 23.7 Å². The minimum atomic E-state index is -3.65. The van der Waals surface area contributed by atoms with E-state index in [4.69, 9.17) is 22.1 Å². The lowest BCUT2D eigenvalue weighted by Gasteiger charge is -2.33. The quantitative estimate of drug-likeness (QED) is 0.509. The molecule has 8 nitrogen and oxygen atoms in total. The molecule has 11 heteroatoms. The van der Waals surface area contributed by atoms with Crippen LogP contribution in [0.3, 0.4) is 0 Å². The van der Waals surface area contributed by atoms with Crippen LogP contribution >= 0.6 is 12.2 Å². The SMILES string of the molecule is COc1ccccc1-c1nn(CN2CCN(S(=O)(=O)c3ccc(F)cc3)CC2)c(=S)n1C. The average molecular weight is 478 g/mol. The molecule has 4 rings (SSSR count). The molecule has 0 amide bonds. The maximum atomic E-state index is 13.1. The summed E-state index contributed by atoms with van der Waals surface area (Å²) >= 11 is 5.58. The van der Waals surface area contributed by atoms with Gasteiger partial charge in [0.25, 0.3) is 0 Å². The molecule has 0 N–H and O–H groups in total. The van der Waals surface area contributed by atoms with Crippen molar-refractivity contribution in [3.05, 3.63) is 59.1 Å². The molecule has 2 heterocycles. The van der Waals surface area contributed by atoms with Crippen LogP contribution in [0.5, 0.6) is 5.75 Å². The molecule has 3 aromatic rings. The minimum absolute atomic E-state index is 0.0979. The van der Waals surface area contributed by atoms with Gasteiger partial charge in [-0.25, -0.2) is 17.5 Å². The van der Waals surface area contributed by atoms with Crippen molar-refractivity contribution in [2.24, 2.45) is 7.05 Å². The zero-order valence-electron chi connectivity index (χ0n) is 17.8. The van der Waals surface area contributed by atoms with E-state index in [1.165, 1.54) is 16.4 Å². The van der Waals surface area contributed by atoms with Gasteiger partial charge in [0.1, 0.15) is 11.6 Å². The van der Waals surface area contributed by atoms with Gasteiger partial charge in [-0.15, -0.1) is 0 Å². The first-order chi connectivity index (χ1) is 15.3. The van der Waals surface area contributed by atoms with Gasteiger partial charge in [0, 0.05) is 33.2 Å². The van der Waals surface area contributed by atoms with E-state index in [0.29, 0.717) is 49.2 Å². The maximum Gasteiger partial charge on any atom is 0.243 e. The molecule has 0 atom stereocenters. The molecule has 2 aromatic carbocycles. The minimum Gasteiger partial charge on any atom is -0.496 e. The topological polar surface area (TPSA) is 72.6 Å². The van der Waals surface area contributed by atoms with E-state index in [0.717, 1.165) is 17.7 Å². The number of rotatable bonds is 6. The zero-order chi connectivity index (χ0) is 22.9. The van der Waals surface area contributed by atoms with E-state index in [9.17, 15) is 12.8 Å². The number of methoxy groups -OCH3 is 1. The van der Waals surface area contributed by atoms with Crippen LogP contribution in [-0.4, -0.2) is 65.3 Å². The number of aromatic nitrogens is 3. The van der Waals surface area contributed by atoms with Crippen molar-refractivity contribution in [3.63, 3.8) is 0 Å². The molecule has 0 aliphatic carbocycles. The second-order valence-electron chi connectivity index (χ2n) is 7.48. The Kier molecular flexibility index (Phi) is 6.42. The second kappa shape index (κ2) is 9.10. The molecule has 0 saturated carbocycles. The molecule has 0 bridgehead atoms. The lowest BCUT2D eigenvalue weighted by Crippen LogP contribution is -2.48. The van der Waals surface area contributed by atoms with Crippen molar-refractivity contribution in [1.82, 2.24) is 23.6 Å². The third kappa shape index (κ3) is 4.33. The highest BCUT2D eigenvalue weighted by atomic mass is 32.2. The third-order valence-electron chi connectivity index (χ3n) is 5.51. The fourth-order valence-electron chi connectivity index (χ4n) is 3.70. The highest BCUT2D eigenvalue weighted by Crippen LogP contribution is 2.28. The Morgan fingerprint density at radius 3 is 2.38 bits per heavy atom. The van der Waals surface area contributed by atoms with E-state index in [2.05, 4.69) is 4.90 Å². The van der Waals surface area contributed by atoms with E-state index in [1.54, 1.807) is 11.8 Å². The van der Waals surface area contributed by atoms with Crippen LogP contribution in [0.15, 0.2) is 53.4 Å². The van der Waals surface area contributed by atoms with Crippen LogP contribution in [0, 0.1) is 10.6 Å². The molecule has 32 heavy (non-hydrogen) atoms. The highest BCUT2D eigenvalue weighted by molar-refractivity contribution is 7.89. The third-order valence-corrected chi connectivity index (χ3v) is 7.90. The van der Waals surface area contributed by atoms with Crippen molar-refractivity contribution >= 4 is 22.2 Å². The molecule has 0 spiro atoms. The number of benzene rings is 2. The fraction of sp³-hybridized carbons (Fsp3) is 0.333. The summed E-state index contributed by atoms with van der Waals surface area (Å²) < 4.78 is 49.8. The largest absolute Gasteiger partial charge is 0.496 e. The van der Waals surface area contributed by atoms with Crippen molar-refractivity contribution in [2.75, 3.05) is 33.3 Å². The monoisotopic (exact) mass is 477 g/mol. The summed E-state index contributed by atoms with van der Waals surface area (Å²) in [6.45, 7) is 2.18. The van der Waals surface area contributed by atoms with Crippen LogP contribution in [0.25, 0.3) is 11.4 Å². The normalized spacial score (nSPS) is 15.7. The summed E-state index contributed by atoms with van der Waals surface area (Å²) in [6.07, 6.45) is 0. The van der Waals surface area contributed by atoms with Crippen molar-refractivity contribution in [1.29, 1.82) is 0 Å². The van der Waals surface area contributed by atoms with E-state index < -0.39 is 15.8 Å². The van der Waals surface area contributed by atoms with Crippen LogP contribution in [0.2, 0.25) is 0 Å². The number of para-hydroxylation sites is 1. The number of nitrogens with zero attached hydrogens (tertiary/aromatic N) is 5. The molecule has 0 radical (unpaired) electrons. The summed E-state index contributed by atoms with van der Waals surface area (Å²) in [5, 5.41) is 4.69. The zero-order valence-corrected chi connectivity index (χ0v) is 19.4. The smallest absolute Gasteiger partial charge is 0.243 e. The number of hydrogen-bond acceptors (Lipinski definition) is 6. The standard InChI is InChI=1S/C21H24FN5O3S2/c1-24-20(18-5-3-4-6-19(18)30-2)23-27(21(24)31)15-25-11-13-26(14-12-25)32(28,29)17-9-7-16(22)8-10-17/h3-10H,11-15H2,1-2H3. The van der Waals surface area contributed by atoms with Gasteiger partial charge in [-0.05, 0) is 48.6 Å². The van der Waals surface area contributed by atoms with Crippen LogP contribution in [0.1, 0.15) is 0 Å². The highest BCUT2D eigenvalue weighted by Gasteiger charge is 2.29. The van der Waals surface area contributed by atoms with Gasteiger partial charge >= 0.3 is 0 Å². The Bertz CT molecular complexity index is 1260. The Balaban J connectivity index is 1.47. The molecule has 170 valence electrons. The van der Waals surface area contributed by atoms with Crippen molar-refractivity contribution < 1.29 is 17.5 Å². The lowest BCUT2D eigenvalue weighted by molar-refractivity contribution is 0.144. The number of hydrogen-bond donors (Lipinski definition) is 0. The van der Waals surface area contributed by atoms with Gasteiger partial charge in [0.05, 0.1) is 24.2 Å². The predicted molar refractivity (Wildman–Crippen MR) is 121 cm³/mol. The lowest BCUT2D eigenvalue weighted by atomic mass is 10.2. The number of ether oxygens (including phenoxy) is 1. The number of piperazine rings is 1.